The molecule has 0 heterocycles. The molecule has 0 unspecified atom stereocenters. The van der Waals surface area contributed by atoms with Gasteiger partial charge in [0.25, 0.3) is 5.91 Å². The summed E-state index contributed by atoms with van der Waals surface area (Å²) in [4.78, 5) is 13.8. The van der Waals surface area contributed by atoms with Crippen molar-refractivity contribution in [3.63, 3.8) is 0 Å². The summed E-state index contributed by atoms with van der Waals surface area (Å²) in [6, 6.07) is 5.19. The van der Waals surface area contributed by atoms with E-state index in [-0.39, 0.29) is 12.5 Å². The van der Waals surface area contributed by atoms with E-state index >= 15 is 0 Å². The van der Waals surface area contributed by atoms with Crippen molar-refractivity contribution in [3.8, 4) is 0 Å². The highest BCUT2D eigenvalue weighted by Gasteiger charge is 2.15. The van der Waals surface area contributed by atoms with E-state index in [0.717, 1.165) is 18.7 Å². The quantitative estimate of drug-likeness (QED) is 0.655. The Kier molecular flexibility index (Phi) is 5.45. The molecule has 0 saturated heterocycles. The number of aliphatic hydroxyl groups excluding tert-OH is 1. The van der Waals surface area contributed by atoms with Crippen molar-refractivity contribution in [2.45, 2.75) is 13.3 Å². The number of nitrogens with one attached hydrogen (secondary N) is 1. The van der Waals surface area contributed by atoms with Crippen molar-refractivity contribution in [2.75, 3.05) is 37.4 Å². The molecule has 1 amide bonds. The van der Waals surface area contributed by atoms with Crippen molar-refractivity contribution < 1.29 is 9.90 Å². The molecule has 0 atom stereocenters. The van der Waals surface area contributed by atoms with Gasteiger partial charge in [0.2, 0.25) is 0 Å². The van der Waals surface area contributed by atoms with Gasteiger partial charge >= 0.3 is 0 Å². The van der Waals surface area contributed by atoms with Gasteiger partial charge in [0.15, 0.2) is 0 Å². The second kappa shape index (κ2) is 6.86. The first-order chi connectivity index (χ1) is 8.63. The molecule has 0 radical (unpaired) electrons. The third-order valence-electron chi connectivity index (χ3n) is 2.70. The van der Waals surface area contributed by atoms with Crippen LogP contribution in [-0.4, -0.2) is 37.8 Å². The first-order valence-corrected chi connectivity index (χ1v) is 6.11. The molecule has 0 aromatic heterocycles. The predicted molar refractivity (Wildman–Crippen MR) is 73.8 cm³/mol. The van der Waals surface area contributed by atoms with Crippen LogP contribution in [0.25, 0.3) is 0 Å². The van der Waals surface area contributed by atoms with Crippen LogP contribution in [-0.2, 0) is 0 Å². The number of aliphatic hydroxyl groups is 1. The summed E-state index contributed by atoms with van der Waals surface area (Å²) < 4.78 is 0. The van der Waals surface area contributed by atoms with Gasteiger partial charge in [-0.1, -0.05) is 6.92 Å². The zero-order valence-corrected chi connectivity index (χ0v) is 10.9. The maximum atomic E-state index is 11.8. The number of carbonyl (C=O) groups excluding carboxylic acids is 1. The van der Waals surface area contributed by atoms with Crippen molar-refractivity contribution in [1.82, 2.24) is 5.32 Å². The third-order valence-corrected chi connectivity index (χ3v) is 2.70. The van der Waals surface area contributed by atoms with Gasteiger partial charge in [0, 0.05) is 25.8 Å². The molecule has 0 saturated carbocycles. The summed E-state index contributed by atoms with van der Waals surface area (Å²) in [6.07, 6.45) is 0.933. The number of rotatable bonds is 6. The molecule has 0 aliphatic carbocycles. The molecule has 0 spiro atoms. The summed E-state index contributed by atoms with van der Waals surface area (Å²) in [5.74, 6) is -0.149. The molecule has 0 aliphatic heterocycles. The summed E-state index contributed by atoms with van der Waals surface area (Å²) in [6.45, 7) is 3.35. The summed E-state index contributed by atoms with van der Waals surface area (Å²) in [5.41, 5.74) is 7.73. The number of hydrogen-bond donors (Lipinski definition) is 3. The second-order valence-corrected chi connectivity index (χ2v) is 4.07. The average molecular weight is 251 g/mol. The lowest BCUT2D eigenvalue weighted by atomic mass is 10.1. The number of nitrogens with two attached hydrogens (primary N) is 1. The molecular weight excluding hydrogens is 230 g/mol. The van der Waals surface area contributed by atoms with Crippen LogP contribution < -0.4 is 16.0 Å². The maximum absolute atomic E-state index is 11.8. The van der Waals surface area contributed by atoms with Crippen molar-refractivity contribution in [3.05, 3.63) is 23.8 Å². The maximum Gasteiger partial charge on any atom is 0.253 e. The van der Waals surface area contributed by atoms with E-state index < -0.39 is 0 Å². The van der Waals surface area contributed by atoms with Crippen LogP contribution in [0.4, 0.5) is 11.4 Å². The standard InChI is InChI=1S/C13H21N3O2/c1-3-6-16(7-8-17)12-9-10(14)4-5-11(12)13(18)15-2/h4-5,9,17H,3,6-8,14H2,1-2H3,(H,15,18). The molecule has 5 nitrogen and oxygen atoms in total. The topological polar surface area (TPSA) is 78.6 Å². The van der Waals surface area contributed by atoms with E-state index in [0.29, 0.717) is 17.8 Å². The molecule has 1 aromatic rings. The van der Waals surface area contributed by atoms with Crippen LogP contribution in [0.5, 0.6) is 0 Å². The third kappa shape index (κ3) is 3.37. The van der Waals surface area contributed by atoms with E-state index in [4.69, 9.17) is 10.8 Å². The Hall–Kier alpha value is -1.75. The van der Waals surface area contributed by atoms with Crippen LogP contribution in [0.3, 0.4) is 0 Å². The van der Waals surface area contributed by atoms with Gasteiger partial charge in [-0.2, -0.15) is 0 Å². The molecule has 18 heavy (non-hydrogen) atoms. The Morgan fingerprint density at radius 1 is 1.44 bits per heavy atom. The number of nitrogen functional groups attached to an aromatic ring is 1. The molecular formula is C13H21N3O2. The number of anilines is 2. The van der Waals surface area contributed by atoms with E-state index in [1.807, 2.05) is 4.90 Å². The SMILES string of the molecule is CCCN(CCO)c1cc(N)ccc1C(=O)NC. The Labute approximate surface area is 108 Å². The molecule has 100 valence electrons. The minimum Gasteiger partial charge on any atom is -0.399 e. The Balaban J connectivity index is 3.16. The van der Waals surface area contributed by atoms with Gasteiger partial charge in [-0.25, -0.2) is 0 Å². The highest BCUT2D eigenvalue weighted by Crippen LogP contribution is 2.23. The Morgan fingerprint density at radius 2 is 2.17 bits per heavy atom. The van der Waals surface area contributed by atoms with Crippen LogP contribution >= 0.6 is 0 Å². The number of nitrogens with zero attached hydrogens (tertiary/aromatic N) is 1. The van der Waals surface area contributed by atoms with E-state index in [1.54, 1.807) is 25.2 Å². The zero-order chi connectivity index (χ0) is 13.5. The first kappa shape index (κ1) is 14.3. The minimum atomic E-state index is -0.149. The van der Waals surface area contributed by atoms with Gasteiger partial charge < -0.3 is 21.1 Å². The van der Waals surface area contributed by atoms with Crippen molar-refractivity contribution in [1.29, 1.82) is 0 Å². The minimum absolute atomic E-state index is 0.0436. The number of hydrogen-bond acceptors (Lipinski definition) is 4. The Bertz CT molecular complexity index is 401. The van der Waals surface area contributed by atoms with Crippen LogP contribution in [0.1, 0.15) is 23.7 Å². The van der Waals surface area contributed by atoms with Crippen LogP contribution in [0.15, 0.2) is 18.2 Å². The number of carbonyl (C=O) groups is 1. The highest BCUT2D eigenvalue weighted by atomic mass is 16.3. The van der Waals surface area contributed by atoms with Gasteiger partial charge in [-0.15, -0.1) is 0 Å². The first-order valence-electron chi connectivity index (χ1n) is 6.11. The molecule has 1 rings (SSSR count). The fraction of sp³-hybridized carbons (Fsp3) is 0.462. The monoisotopic (exact) mass is 251 g/mol. The van der Waals surface area contributed by atoms with Gasteiger partial charge in [-0.05, 0) is 24.6 Å². The normalized spacial score (nSPS) is 10.2. The summed E-state index contributed by atoms with van der Waals surface area (Å²) in [5, 5.41) is 11.7. The smallest absolute Gasteiger partial charge is 0.253 e. The average Bonchev–Trinajstić information content (AvgIpc) is 2.37. The fourth-order valence-corrected chi connectivity index (χ4v) is 1.88. The predicted octanol–water partition coefficient (Wildman–Crippen LogP) is 0.837. The van der Waals surface area contributed by atoms with Crippen molar-refractivity contribution in [2.24, 2.45) is 0 Å². The van der Waals surface area contributed by atoms with E-state index in [2.05, 4.69) is 12.2 Å². The fourth-order valence-electron chi connectivity index (χ4n) is 1.88. The Morgan fingerprint density at radius 3 is 2.72 bits per heavy atom. The van der Waals surface area contributed by atoms with Crippen molar-refractivity contribution >= 4 is 17.3 Å². The van der Waals surface area contributed by atoms with E-state index in [1.165, 1.54) is 0 Å². The molecule has 0 bridgehead atoms. The van der Waals surface area contributed by atoms with E-state index in [9.17, 15) is 4.79 Å². The van der Waals surface area contributed by atoms with Gasteiger partial charge in [0.1, 0.15) is 0 Å². The highest BCUT2D eigenvalue weighted by molar-refractivity contribution is 6.00. The molecule has 1 aromatic carbocycles. The summed E-state index contributed by atoms with van der Waals surface area (Å²) in [7, 11) is 1.60. The molecule has 4 N–H and O–H groups in total. The molecule has 0 fully saturated rings. The number of amides is 1. The van der Waals surface area contributed by atoms with Gasteiger partial charge in [-0.3, -0.25) is 4.79 Å². The van der Waals surface area contributed by atoms with Crippen LogP contribution in [0, 0.1) is 0 Å². The summed E-state index contributed by atoms with van der Waals surface area (Å²) >= 11 is 0. The lowest BCUT2D eigenvalue weighted by molar-refractivity contribution is 0.0963. The molecule has 0 aliphatic rings. The zero-order valence-electron chi connectivity index (χ0n) is 10.9. The second-order valence-electron chi connectivity index (χ2n) is 4.07. The van der Waals surface area contributed by atoms with Gasteiger partial charge in [0.05, 0.1) is 17.9 Å². The largest absolute Gasteiger partial charge is 0.399 e. The molecule has 5 heteroatoms. The lowest BCUT2D eigenvalue weighted by Crippen LogP contribution is -2.30. The lowest BCUT2D eigenvalue weighted by Gasteiger charge is -2.25. The number of benzene rings is 1. The van der Waals surface area contributed by atoms with Crippen LogP contribution in [0.2, 0.25) is 0 Å².